The van der Waals surface area contributed by atoms with Crippen molar-refractivity contribution in [3.8, 4) is 11.4 Å². The van der Waals surface area contributed by atoms with Crippen molar-refractivity contribution in [1.82, 2.24) is 19.9 Å². The summed E-state index contributed by atoms with van der Waals surface area (Å²) in [6.07, 6.45) is 0. The fraction of sp³-hybridized carbons (Fsp3) is 0.381. The van der Waals surface area contributed by atoms with Crippen LogP contribution in [-0.2, 0) is 0 Å². The number of hydrogen-bond acceptors (Lipinski definition) is 6. The van der Waals surface area contributed by atoms with Crippen LogP contribution >= 0.6 is 11.3 Å². The zero-order valence-corrected chi connectivity index (χ0v) is 17.2. The van der Waals surface area contributed by atoms with Crippen molar-refractivity contribution in [2.75, 3.05) is 26.2 Å². The molecule has 2 aromatic heterocycles. The minimum absolute atomic E-state index is 0.0208. The summed E-state index contributed by atoms with van der Waals surface area (Å²) in [5.41, 5.74) is 3.21. The molecule has 1 fully saturated rings. The zero-order chi connectivity index (χ0) is 19.7. The van der Waals surface area contributed by atoms with E-state index >= 15 is 0 Å². The van der Waals surface area contributed by atoms with Crippen molar-refractivity contribution < 1.29 is 9.32 Å². The fourth-order valence-corrected chi connectivity index (χ4v) is 4.32. The first kappa shape index (κ1) is 18.8. The van der Waals surface area contributed by atoms with Crippen molar-refractivity contribution >= 4 is 17.2 Å². The molecule has 146 valence electrons. The Morgan fingerprint density at radius 2 is 1.82 bits per heavy atom. The molecule has 1 amide bonds. The number of carbonyl (C=O) groups is 1. The van der Waals surface area contributed by atoms with Crippen LogP contribution in [0.3, 0.4) is 0 Å². The number of amides is 1. The van der Waals surface area contributed by atoms with Gasteiger partial charge in [0.1, 0.15) is 0 Å². The van der Waals surface area contributed by atoms with Crippen LogP contribution in [0.25, 0.3) is 11.4 Å². The molecule has 0 saturated carbocycles. The van der Waals surface area contributed by atoms with E-state index in [9.17, 15) is 4.79 Å². The van der Waals surface area contributed by atoms with Gasteiger partial charge < -0.3 is 9.42 Å². The highest BCUT2D eigenvalue weighted by molar-refractivity contribution is 7.12. The van der Waals surface area contributed by atoms with E-state index in [4.69, 9.17) is 4.52 Å². The second-order valence-corrected chi connectivity index (χ2v) is 8.18. The van der Waals surface area contributed by atoms with Gasteiger partial charge in [0.25, 0.3) is 5.91 Å². The number of hydrogen-bond donors (Lipinski definition) is 0. The van der Waals surface area contributed by atoms with Crippen molar-refractivity contribution in [2.24, 2.45) is 0 Å². The molecule has 3 aromatic rings. The molecule has 1 aliphatic heterocycles. The van der Waals surface area contributed by atoms with Gasteiger partial charge in [-0.25, -0.2) is 0 Å². The molecular weight excluding hydrogens is 372 g/mol. The molecule has 0 spiro atoms. The molecule has 1 atom stereocenters. The lowest BCUT2D eigenvalue weighted by Gasteiger charge is -2.36. The van der Waals surface area contributed by atoms with Gasteiger partial charge in [-0.15, -0.1) is 11.3 Å². The SMILES string of the molecule is Cc1ccc(-c2noc(C(C)N3CCN(C(=O)c4sccc4C)CC3)n2)cc1. The lowest BCUT2D eigenvalue weighted by molar-refractivity contribution is 0.0555. The second-order valence-electron chi connectivity index (χ2n) is 7.26. The van der Waals surface area contributed by atoms with Crippen LogP contribution in [0.5, 0.6) is 0 Å². The maximum atomic E-state index is 12.7. The predicted molar refractivity (Wildman–Crippen MR) is 109 cm³/mol. The summed E-state index contributed by atoms with van der Waals surface area (Å²) in [6, 6.07) is 10.1. The second kappa shape index (κ2) is 7.85. The minimum Gasteiger partial charge on any atom is -0.337 e. The maximum absolute atomic E-state index is 12.7. The Kier molecular flexibility index (Phi) is 5.28. The van der Waals surface area contributed by atoms with E-state index in [1.807, 2.05) is 47.5 Å². The number of thiophene rings is 1. The van der Waals surface area contributed by atoms with Crippen molar-refractivity contribution in [3.05, 3.63) is 57.6 Å². The summed E-state index contributed by atoms with van der Waals surface area (Å²) in [5, 5.41) is 6.12. The number of aryl methyl sites for hydroxylation is 2. The first-order valence-electron chi connectivity index (χ1n) is 9.51. The van der Waals surface area contributed by atoms with Gasteiger partial charge in [-0.2, -0.15) is 4.98 Å². The molecule has 1 saturated heterocycles. The van der Waals surface area contributed by atoms with Crippen LogP contribution in [-0.4, -0.2) is 52.0 Å². The predicted octanol–water partition coefficient (Wildman–Crippen LogP) is 3.93. The molecule has 3 heterocycles. The van der Waals surface area contributed by atoms with Crippen molar-refractivity contribution in [1.29, 1.82) is 0 Å². The van der Waals surface area contributed by atoms with Gasteiger partial charge in [-0.3, -0.25) is 9.69 Å². The highest BCUT2D eigenvalue weighted by Gasteiger charge is 2.29. The molecule has 0 aliphatic carbocycles. The van der Waals surface area contributed by atoms with E-state index in [0.29, 0.717) is 24.8 Å². The van der Waals surface area contributed by atoms with E-state index in [1.165, 1.54) is 16.9 Å². The number of piperazine rings is 1. The van der Waals surface area contributed by atoms with Gasteiger partial charge in [0, 0.05) is 31.7 Å². The van der Waals surface area contributed by atoms with E-state index < -0.39 is 0 Å². The molecule has 0 N–H and O–H groups in total. The van der Waals surface area contributed by atoms with Gasteiger partial charge in [0.2, 0.25) is 11.7 Å². The highest BCUT2D eigenvalue weighted by Crippen LogP contribution is 2.25. The van der Waals surface area contributed by atoms with Crippen LogP contribution in [0, 0.1) is 13.8 Å². The van der Waals surface area contributed by atoms with E-state index in [2.05, 4.69) is 28.9 Å². The molecule has 0 radical (unpaired) electrons. The Labute approximate surface area is 168 Å². The first-order valence-corrected chi connectivity index (χ1v) is 10.4. The average Bonchev–Trinajstić information content (AvgIpc) is 3.37. The van der Waals surface area contributed by atoms with Gasteiger partial charge in [0.15, 0.2) is 0 Å². The van der Waals surface area contributed by atoms with Gasteiger partial charge in [-0.1, -0.05) is 35.0 Å². The zero-order valence-electron chi connectivity index (χ0n) is 16.4. The molecule has 1 unspecified atom stereocenters. The monoisotopic (exact) mass is 396 g/mol. The summed E-state index contributed by atoms with van der Waals surface area (Å²) >= 11 is 1.52. The number of benzene rings is 1. The van der Waals surface area contributed by atoms with Crippen LogP contribution in [0.4, 0.5) is 0 Å². The minimum atomic E-state index is 0.0208. The van der Waals surface area contributed by atoms with Crippen molar-refractivity contribution in [2.45, 2.75) is 26.8 Å². The molecule has 1 aromatic carbocycles. The number of aromatic nitrogens is 2. The quantitative estimate of drug-likeness (QED) is 0.669. The highest BCUT2D eigenvalue weighted by atomic mass is 32.1. The van der Waals surface area contributed by atoms with Gasteiger partial charge in [-0.05, 0) is 37.8 Å². The molecule has 0 bridgehead atoms. The summed E-state index contributed by atoms with van der Waals surface area (Å²) in [7, 11) is 0. The first-order chi connectivity index (χ1) is 13.5. The summed E-state index contributed by atoms with van der Waals surface area (Å²) < 4.78 is 5.53. The van der Waals surface area contributed by atoms with E-state index in [1.54, 1.807) is 0 Å². The number of rotatable bonds is 4. The Bertz CT molecular complexity index is 955. The third kappa shape index (κ3) is 3.72. The summed E-state index contributed by atoms with van der Waals surface area (Å²) in [6.45, 7) is 9.12. The maximum Gasteiger partial charge on any atom is 0.264 e. The lowest BCUT2D eigenvalue weighted by atomic mass is 10.1. The smallest absolute Gasteiger partial charge is 0.264 e. The molecule has 28 heavy (non-hydrogen) atoms. The van der Waals surface area contributed by atoms with E-state index in [-0.39, 0.29) is 11.9 Å². The average molecular weight is 397 g/mol. The topological polar surface area (TPSA) is 62.5 Å². The van der Waals surface area contributed by atoms with Crippen LogP contribution < -0.4 is 0 Å². The molecular formula is C21H24N4O2S. The molecule has 4 rings (SSSR count). The molecule has 6 nitrogen and oxygen atoms in total. The third-order valence-corrected chi connectivity index (χ3v) is 6.32. The summed E-state index contributed by atoms with van der Waals surface area (Å²) in [4.78, 5) is 22.4. The number of nitrogens with zero attached hydrogens (tertiary/aromatic N) is 4. The van der Waals surface area contributed by atoms with Crippen LogP contribution in [0.15, 0.2) is 40.2 Å². The van der Waals surface area contributed by atoms with Gasteiger partial charge >= 0.3 is 0 Å². The Morgan fingerprint density at radius 3 is 2.46 bits per heavy atom. The van der Waals surface area contributed by atoms with Crippen LogP contribution in [0.2, 0.25) is 0 Å². The van der Waals surface area contributed by atoms with Crippen molar-refractivity contribution in [3.63, 3.8) is 0 Å². The largest absolute Gasteiger partial charge is 0.337 e. The Morgan fingerprint density at radius 1 is 1.11 bits per heavy atom. The molecule has 7 heteroatoms. The number of carbonyl (C=O) groups excluding carboxylic acids is 1. The fourth-order valence-electron chi connectivity index (χ4n) is 3.43. The van der Waals surface area contributed by atoms with Gasteiger partial charge in [0.05, 0.1) is 10.9 Å². The lowest BCUT2D eigenvalue weighted by Crippen LogP contribution is -2.49. The molecule has 1 aliphatic rings. The summed E-state index contributed by atoms with van der Waals surface area (Å²) in [5.74, 6) is 1.37. The standard InChI is InChI=1S/C21H24N4O2S/c1-14-4-6-17(7-5-14)19-22-20(27-23-19)16(3)24-9-11-25(12-10-24)21(26)18-15(2)8-13-28-18/h4-8,13,16H,9-12H2,1-3H3. The Balaban J connectivity index is 1.39. The van der Waals surface area contributed by atoms with E-state index in [0.717, 1.165) is 29.1 Å². The Hall–Kier alpha value is -2.51. The van der Waals surface area contributed by atoms with Crippen LogP contribution in [0.1, 0.15) is 39.7 Å². The third-order valence-electron chi connectivity index (χ3n) is 5.31. The normalized spacial score (nSPS) is 16.3.